The Morgan fingerprint density at radius 3 is 3.00 bits per heavy atom. The maximum Gasteiger partial charge on any atom is 0.0443 e. The van der Waals surface area contributed by atoms with Crippen molar-refractivity contribution in [3.05, 3.63) is 0 Å². The van der Waals surface area contributed by atoms with Gasteiger partial charge in [0.15, 0.2) is 0 Å². The van der Waals surface area contributed by atoms with Crippen molar-refractivity contribution >= 4 is 0 Å². The highest BCUT2D eigenvalue weighted by Crippen LogP contribution is 2.19. The lowest BCUT2D eigenvalue weighted by Gasteiger charge is -2.35. The van der Waals surface area contributed by atoms with Crippen molar-refractivity contribution in [2.24, 2.45) is 0 Å². The molecule has 0 aromatic carbocycles. The minimum Gasteiger partial charge on any atom is -0.396 e. The van der Waals surface area contributed by atoms with Crippen molar-refractivity contribution in [2.75, 3.05) is 33.3 Å². The van der Waals surface area contributed by atoms with Gasteiger partial charge in [-0.05, 0) is 45.8 Å². The average Bonchev–Trinajstić information content (AvgIpc) is 2.24. The zero-order valence-electron chi connectivity index (χ0n) is 9.34. The summed E-state index contributed by atoms with van der Waals surface area (Å²) in [6, 6.07) is 0.753. The van der Waals surface area contributed by atoms with Crippen LogP contribution in [0.4, 0.5) is 0 Å². The van der Waals surface area contributed by atoms with Crippen LogP contribution in [-0.4, -0.2) is 49.3 Å². The summed E-state index contributed by atoms with van der Waals surface area (Å²) in [6.07, 6.45) is 6.23. The molecule has 1 rings (SSSR count). The monoisotopic (exact) mass is 200 g/mol. The third-order valence-electron chi connectivity index (χ3n) is 3.08. The molecule has 0 aliphatic carbocycles. The Hall–Kier alpha value is -0.120. The van der Waals surface area contributed by atoms with Gasteiger partial charge in [-0.2, -0.15) is 0 Å². The van der Waals surface area contributed by atoms with Gasteiger partial charge in [-0.15, -0.1) is 0 Å². The van der Waals surface area contributed by atoms with Crippen LogP contribution in [0, 0.1) is 0 Å². The summed E-state index contributed by atoms with van der Waals surface area (Å²) in [6.45, 7) is 3.74. The van der Waals surface area contributed by atoms with Crippen LogP contribution >= 0.6 is 0 Å². The van der Waals surface area contributed by atoms with E-state index in [4.69, 9.17) is 5.11 Å². The van der Waals surface area contributed by atoms with Crippen LogP contribution in [0.1, 0.15) is 32.1 Å². The summed E-state index contributed by atoms with van der Waals surface area (Å²) >= 11 is 0. The molecule has 1 saturated heterocycles. The first-order valence-corrected chi connectivity index (χ1v) is 5.88. The van der Waals surface area contributed by atoms with Gasteiger partial charge in [0, 0.05) is 19.2 Å². The summed E-state index contributed by atoms with van der Waals surface area (Å²) in [7, 11) is 2.01. The van der Waals surface area contributed by atoms with E-state index in [1.807, 2.05) is 7.05 Å². The van der Waals surface area contributed by atoms with Gasteiger partial charge in [0.1, 0.15) is 0 Å². The van der Waals surface area contributed by atoms with Crippen molar-refractivity contribution in [3.8, 4) is 0 Å². The van der Waals surface area contributed by atoms with Gasteiger partial charge in [-0.1, -0.05) is 6.42 Å². The SMILES string of the molecule is CNCCC1CCCCN1CCCO. The number of nitrogens with one attached hydrogen (secondary N) is 1. The number of aliphatic hydroxyl groups is 1. The van der Waals surface area contributed by atoms with Crippen molar-refractivity contribution in [1.82, 2.24) is 10.2 Å². The van der Waals surface area contributed by atoms with E-state index in [9.17, 15) is 0 Å². The smallest absolute Gasteiger partial charge is 0.0443 e. The van der Waals surface area contributed by atoms with Gasteiger partial charge in [-0.3, -0.25) is 0 Å². The zero-order valence-corrected chi connectivity index (χ0v) is 9.34. The normalized spacial score (nSPS) is 24.0. The molecule has 0 spiro atoms. The Morgan fingerprint density at radius 1 is 1.43 bits per heavy atom. The molecule has 84 valence electrons. The Balaban J connectivity index is 2.26. The van der Waals surface area contributed by atoms with Crippen LogP contribution in [0.15, 0.2) is 0 Å². The molecule has 1 atom stereocenters. The Bertz CT molecular complexity index is 125. The number of likely N-dealkylation sites (tertiary alicyclic amines) is 1. The molecule has 0 aromatic rings. The Labute approximate surface area is 87.5 Å². The van der Waals surface area contributed by atoms with E-state index in [-0.39, 0.29) is 0 Å². The highest BCUT2D eigenvalue weighted by atomic mass is 16.3. The van der Waals surface area contributed by atoms with Gasteiger partial charge in [0.25, 0.3) is 0 Å². The molecule has 1 fully saturated rings. The van der Waals surface area contributed by atoms with Gasteiger partial charge in [0.05, 0.1) is 0 Å². The van der Waals surface area contributed by atoms with Crippen molar-refractivity contribution < 1.29 is 5.11 Å². The molecule has 1 aliphatic rings. The van der Waals surface area contributed by atoms with Crippen LogP contribution in [0.5, 0.6) is 0 Å². The number of nitrogens with zero attached hydrogens (tertiary/aromatic N) is 1. The second-order valence-corrected chi connectivity index (χ2v) is 4.15. The molecule has 0 bridgehead atoms. The lowest BCUT2D eigenvalue weighted by molar-refractivity contribution is 0.128. The summed E-state index contributed by atoms with van der Waals surface area (Å²) in [5, 5.41) is 12.0. The number of aliphatic hydroxyl groups excluding tert-OH is 1. The van der Waals surface area contributed by atoms with E-state index < -0.39 is 0 Å². The topological polar surface area (TPSA) is 35.5 Å². The van der Waals surface area contributed by atoms with Gasteiger partial charge in [0.2, 0.25) is 0 Å². The number of rotatable bonds is 6. The fourth-order valence-corrected chi connectivity index (χ4v) is 2.27. The minimum atomic E-state index is 0.329. The molecule has 0 amide bonds. The zero-order chi connectivity index (χ0) is 10.2. The number of hydrogen-bond acceptors (Lipinski definition) is 3. The highest BCUT2D eigenvalue weighted by Gasteiger charge is 2.20. The van der Waals surface area contributed by atoms with Crippen molar-refractivity contribution in [1.29, 1.82) is 0 Å². The Kier molecular flexibility index (Phi) is 6.15. The molecule has 3 nitrogen and oxygen atoms in total. The number of piperidine rings is 1. The summed E-state index contributed by atoms with van der Waals surface area (Å²) in [5.41, 5.74) is 0. The van der Waals surface area contributed by atoms with E-state index in [1.54, 1.807) is 0 Å². The maximum absolute atomic E-state index is 8.82. The van der Waals surface area contributed by atoms with Gasteiger partial charge in [-0.25, -0.2) is 0 Å². The average molecular weight is 200 g/mol. The lowest BCUT2D eigenvalue weighted by Crippen LogP contribution is -2.41. The maximum atomic E-state index is 8.82. The molecular weight excluding hydrogens is 176 g/mol. The first kappa shape index (κ1) is 12.0. The van der Waals surface area contributed by atoms with Crippen molar-refractivity contribution in [3.63, 3.8) is 0 Å². The Morgan fingerprint density at radius 2 is 2.29 bits per heavy atom. The summed E-state index contributed by atoms with van der Waals surface area (Å²) in [5.74, 6) is 0. The van der Waals surface area contributed by atoms with E-state index in [0.29, 0.717) is 6.61 Å². The quantitative estimate of drug-likeness (QED) is 0.667. The van der Waals surface area contributed by atoms with Gasteiger partial charge >= 0.3 is 0 Å². The van der Waals surface area contributed by atoms with E-state index in [2.05, 4.69) is 10.2 Å². The molecule has 1 unspecified atom stereocenters. The molecule has 14 heavy (non-hydrogen) atoms. The standard InChI is InChI=1S/C11H24N2O/c1-12-7-6-11-5-2-3-8-13(11)9-4-10-14/h11-12,14H,2-10H2,1H3. The predicted molar refractivity (Wildman–Crippen MR) is 59.5 cm³/mol. The molecule has 1 aliphatic heterocycles. The van der Waals surface area contributed by atoms with Crippen molar-refractivity contribution in [2.45, 2.75) is 38.1 Å². The molecule has 0 aromatic heterocycles. The van der Waals surface area contributed by atoms with Gasteiger partial charge < -0.3 is 15.3 Å². The first-order valence-electron chi connectivity index (χ1n) is 5.88. The molecule has 3 heteroatoms. The first-order chi connectivity index (χ1) is 6.88. The fourth-order valence-electron chi connectivity index (χ4n) is 2.27. The minimum absolute atomic E-state index is 0.329. The summed E-state index contributed by atoms with van der Waals surface area (Å²) in [4.78, 5) is 2.55. The van der Waals surface area contributed by atoms with Crippen LogP contribution in [0.25, 0.3) is 0 Å². The highest BCUT2D eigenvalue weighted by molar-refractivity contribution is 4.77. The molecular formula is C11H24N2O. The predicted octanol–water partition coefficient (Wildman–Crippen LogP) is 0.833. The largest absolute Gasteiger partial charge is 0.396 e. The third kappa shape index (κ3) is 3.95. The number of hydrogen-bond donors (Lipinski definition) is 2. The third-order valence-corrected chi connectivity index (χ3v) is 3.08. The van der Waals surface area contributed by atoms with Crippen LogP contribution in [-0.2, 0) is 0 Å². The van der Waals surface area contributed by atoms with E-state index >= 15 is 0 Å². The molecule has 2 N–H and O–H groups in total. The second kappa shape index (κ2) is 7.21. The second-order valence-electron chi connectivity index (χ2n) is 4.15. The van der Waals surface area contributed by atoms with Crippen LogP contribution in [0.3, 0.4) is 0 Å². The van der Waals surface area contributed by atoms with Crippen LogP contribution in [0.2, 0.25) is 0 Å². The van der Waals surface area contributed by atoms with E-state index in [1.165, 1.54) is 32.2 Å². The summed E-state index contributed by atoms with van der Waals surface area (Å²) < 4.78 is 0. The molecule has 0 saturated carbocycles. The fraction of sp³-hybridized carbons (Fsp3) is 1.00. The molecule has 0 radical (unpaired) electrons. The van der Waals surface area contributed by atoms with Crippen LogP contribution < -0.4 is 5.32 Å². The van der Waals surface area contributed by atoms with E-state index in [0.717, 1.165) is 25.6 Å². The lowest BCUT2D eigenvalue weighted by atomic mass is 9.99. The molecule has 1 heterocycles.